The fraction of sp³-hybridized carbons (Fsp3) is 0.389. The van der Waals surface area contributed by atoms with Gasteiger partial charge in [-0.2, -0.15) is 5.10 Å². The van der Waals surface area contributed by atoms with Gasteiger partial charge in [-0.1, -0.05) is 26.3 Å². The van der Waals surface area contributed by atoms with Gasteiger partial charge in [0.15, 0.2) is 0 Å². The van der Waals surface area contributed by atoms with Gasteiger partial charge in [0.1, 0.15) is 17.0 Å². The lowest BCUT2D eigenvalue weighted by atomic mass is 10.1. The van der Waals surface area contributed by atoms with Crippen LogP contribution in [-0.4, -0.2) is 36.6 Å². The highest BCUT2D eigenvalue weighted by atomic mass is 35.7. The van der Waals surface area contributed by atoms with E-state index in [1.54, 1.807) is 0 Å². The number of nitrogens with one attached hydrogen (secondary N) is 1. The molecule has 0 unspecified atom stereocenters. The van der Waals surface area contributed by atoms with Crippen molar-refractivity contribution in [1.29, 1.82) is 0 Å². The molecule has 0 saturated carbocycles. The molecule has 0 aliphatic heterocycles. The molecule has 0 aliphatic rings. The van der Waals surface area contributed by atoms with Crippen molar-refractivity contribution in [2.24, 2.45) is 12.8 Å². The van der Waals surface area contributed by atoms with Crippen LogP contribution in [0, 0.1) is 0 Å². The molecular formula is C18H23ClN4O5S. The molecule has 2 rings (SSSR count). The first kappa shape index (κ1) is 22.7. The molecule has 29 heavy (non-hydrogen) atoms. The summed E-state index contributed by atoms with van der Waals surface area (Å²) in [5.41, 5.74) is 5.78. The van der Waals surface area contributed by atoms with Crippen LogP contribution in [0.2, 0.25) is 0 Å². The summed E-state index contributed by atoms with van der Waals surface area (Å²) in [7, 11) is 2.82. The number of aryl methyl sites for hydroxylation is 2. The number of carbonyl (C=O) groups is 2. The van der Waals surface area contributed by atoms with Crippen molar-refractivity contribution in [2.45, 2.75) is 38.0 Å². The summed E-state index contributed by atoms with van der Waals surface area (Å²) in [6.45, 7) is 4.05. The zero-order valence-electron chi connectivity index (χ0n) is 16.4. The molecule has 0 spiro atoms. The molecule has 158 valence electrons. The lowest BCUT2D eigenvalue weighted by Crippen LogP contribution is -2.22. The number of ether oxygens (including phenoxy) is 1. The van der Waals surface area contributed by atoms with Crippen LogP contribution in [0.4, 0.5) is 5.69 Å². The zero-order chi connectivity index (χ0) is 21.8. The van der Waals surface area contributed by atoms with Crippen LogP contribution in [0.3, 0.4) is 0 Å². The number of primary amides is 1. The van der Waals surface area contributed by atoms with E-state index in [0.717, 1.165) is 0 Å². The number of anilines is 1. The number of halogens is 1. The van der Waals surface area contributed by atoms with Gasteiger partial charge in [0, 0.05) is 17.7 Å². The smallest absolute Gasteiger partial charge is 0.269 e. The van der Waals surface area contributed by atoms with Crippen molar-refractivity contribution in [1.82, 2.24) is 9.78 Å². The van der Waals surface area contributed by atoms with Crippen molar-refractivity contribution in [3.05, 3.63) is 35.2 Å². The molecule has 1 aromatic carbocycles. The molecule has 11 heteroatoms. The van der Waals surface area contributed by atoms with E-state index in [4.69, 9.17) is 21.2 Å². The van der Waals surface area contributed by atoms with Crippen LogP contribution < -0.4 is 15.8 Å². The Kier molecular flexibility index (Phi) is 7.26. The lowest BCUT2D eigenvalue weighted by Gasteiger charge is -2.14. The number of benzene rings is 1. The molecule has 1 aromatic heterocycles. The maximum Gasteiger partial charge on any atom is 0.269 e. The third kappa shape index (κ3) is 5.07. The van der Waals surface area contributed by atoms with Crippen molar-refractivity contribution in [3.8, 4) is 5.75 Å². The maximum absolute atomic E-state index is 13.1. The molecule has 0 saturated heterocycles. The standard InChI is InChI=1S/C18H23ClN4O5S/c1-4-7-11-15(16(17(20)24)23(3)22-11)21-18(25)14-12(28-10-5-2)8-6-9-13(14)29(19,26)27/h6,8-9H,4-5,7,10H2,1-3H3,(H2,20,24)(H,21,25). The SMILES string of the molecule is CCCOc1cccc(S(=O)(=O)Cl)c1C(=O)Nc1c(CCC)nn(C)c1C(N)=O. The van der Waals surface area contributed by atoms with Crippen LogP contribution in [0.1, 0.15) is 53.2 Å². The molecule has 9 nitrogen and oxygen atoms in total. The Morgan fingerprint density at radius 3 is 2.52 bits per heavy atom. The molecule has 0 aliphatic carbocycles. The van der Waals surface area contributed by atoms with Crippen LogP contribution >= 0.6 is 10.7 Å². The highest BCUT2D eigenvalue weighted by Crippen LogP contribution is 2.31. The summed E-state index contributed by atoms with van der Waals surface area (Å²) < 4.78 is 30.9. The summed E-state index contributed by atoms with van der Waals surface area (Å²) in [5, 5.41) is 6.82. The Labute approximate surface area is 173 Å². The van der Waals surface area contributed by atoms with Gasteiger partial charge in [-0.25, -0.2) is 8.42 Å². The second-order valence-corrected chi connectivity index (χ2v) is 8.81. The Morgan fingerprint density at radius 1 is 1.28 bits per heavy atom. The topological polar surface area (TPSA) is 133 Å². The van der Waals surface area contributed by atoms with Crippen molar-refractivity contribution in [3.63, 3.8) is 0 Å². The van der Waals surface area contributed by atoms with E-state index in [0.29, 0.717) is 25.0 Å². The van der Waals surface area contributed by atoms with Crippen molar-refractivity contribution in [2.75, 3.05) is 11.9 Å². The Balaban J connectivity index is 2.60. The minimum Gasteiger partial charge on any atom is -0.493 e. The monoisotopic (exact) mass is 442 g/mol. The number of aromatic nitrogens is 2. The predicted octanol–water partition coefficient (Wildman–Crippen LogP) is 2.44. The van der Waals surface area contributed by atoms with Crippen molar-refractivity contribution < 1.29 is 22.7 Å². The molecule has 0 radical (unpaired) electrons. The minimum atomic E-state index is -4.24. The van der Waals surface area contributed by atoms with Gasteiger partial charge in [-0.15, -0.1) is 0 Å². The first-order valence-corrected chi connectivity index (χ1v) is 11.3. The van der Waals surface area contributed by atoms with Gasteiger partial charge < -0.3 is 15.8 Å². The van der Waals surface area contributed by atoms with Crippen LogP contribution in [0.15, 0.2) is 23.1 Å². The number of amides is 2. The normalized spacial score (nSPS) is 11.3. The van der Waals surface area contributed by atoms with Gasteiger partial charge in [-0.05, 0) is 25.0 Å². The lowest BCUT2D eigenvalue weighted by molar-refractivity contribution is 0.0992. The summed E-state index contributed by atoms with van der Waals surface area (Å²) in [5.74, 6) is -1.52. The fourth-order valence-corrected chi connectivity index (χ4v) is 3.92. The van der Waals surface area contributed by atoms with E-state index >= 15 is 0 Å². The highest BCUT2D eigenvalue weighted by Gasteiger charge is 2.28. The number of hydrogen-bond acceptors (Lipinski definition) is 6. The summed E-state index contributed by atoms with van der Waals surface area (Å²) in [6, 6.07) is 4.11. The first-order chi connectivity index (χ1) is 13.6. The van der Waals surface area contributed by atoms with E-state index in [1.165, 1.54) is 29.9 Å². The number of hydrogen-bond donors (Lipinski definition) is 2. The molecule has 0 atom stereocenters. The summed E-state index contributed by atoms with van der Waals surface area (Å²) >= 11 is 0. The molecular weight excluding hydrogens is 420 g/mol. The van der Waals surface area contributed by atoms with E-state index < -0.39 is 25.8 Å². The Hall–Kier alpha value is -2.59. The maximum atomic E-state index is 13.1. The largest absolute Gasteiger partial charge is 0.493 e. The second kappa shape index (κ2) is 9.27. The first-order valence-electron chi connectivity index (χ1n) is 8.99. The molecule has 1 heterocycles. The van der Waals surface area contributed by atoms with Crippen LogP contribution in [0.5, 0.6) is 5.75 Å². The molecule has 0 fully saturated rings. The van der Waals surface area contributed by atoms with E-state index in [2.05, 4.69) is 10.4 Å². The van der Waals surface area contributed by atoms with Gasteiger partial charge in [0.05, 0.1) is 22.9 Å². The predicted molar refractivity (Wildman–Crippen MR) is 109 cm³/mol. The molecule has 3 N–H and O–H groups in total. The molecule has 0 bridgehead atoms. The number of rotatable bonds is 9. The van der Waals surface area contributed by atoms with Crippen LogP contribution in [-0.2, 0) is 22.5 Å². The number of carbonyl (C=O) groups excluding carboxylic acids is 2. The Bertz CT molecular complexity index is 1030. The van der Waals surface area contributed by atoms with Crippen molar-refractivity contribution >= 4 is 37.2 Å². The second-order valence-electron chi connectivity index (χ2n) is 6.28. The van der Waals surface area contributed by atoms with Gasteiger partial charge in [0.2, 0.25) is 0 Å². The van der Waals surface area contributed by atoms with E-state index in [9.17, 15) is 18.0 Å². The van der Waals surface area contributed by atoms with Gasteiger partial charge >= 0.3 is 0 Å². The minimum absolute atomic E-state index is 0.00374. The summed E-state index contributed by atoms with van der Waals surface area (Å²) in [6.07, 6.45) is 1.83. The third-order valence-electron chi connectivity index (χ3n) is 4.02. The third-order valence-corrected chi connectivity index (χ3v) is 5.38. The number of nitrogens with zero attached hydrogens (tertiary/aromatic N) is 2. The van der Waals surface area contributed by atoms with Gasteiger partial charge in [0.25, 0.3) is 20.9 Å². The number of nitrogens with two attached hydrogens (primary N) is 1. The molecule has 2 aromatic rings. The zero-order valence-corrected chi connectivity index (χ0v) is 17.9. The Morgan fingerprint density at radius 2 is 1.97 bits per heavy atom. The highest BCUT2D eigenvalue weighted by molar-refractivity contribution is 8.13. The van der Waals surface area contributed by atoms with Gasteiger partial charge in [-0.3, -0.25) is 14.3 Å². The fourth-order valence-electron chi connectivity index (χ4n) is 2.85. The molecule has 2 amide bonds. The average Bonchev–Trinajstić information content (AvgIpc) is 2.94. The van der Waals surface area contributed by atoms with E-state index in [-0.39, 0.29) is 29.3 Å². The summed E-state index contributed by atoms with van der Waals surface area (Å²) in [4.78, 5) is 24.6. The van der Waals surface area contributed by atoms with Crippen LogP contribution in [0.25, 0.3) is 0 Å². The van der Waals surface area contributed by atoms with E-state index in [1.807, 2.05) is 13.8 Å². The quantitative estimate of drug-likeness (QED) is 0.573. The average molecular weight is 443 g/mol.